The number of amides is 1. The number of nitrogens with zero attached hydrogens (tertiary/aromatic N) is 1. The number of carbonyl (C=O) groups excluding carboxylic acids is 1. The van der Waals surface area contributed by atoms with Gasteiger partial charge in [0.25, 0.3) is 5.91 Å². The van der Waals surface area contributed by atoms with Gasteiger partial charge >= 0.3 is 0 Å². The summed E-state index contributed by atoms with van der Waals surface area (Å²) < 4.78 is 18.4. The van der Waals surface area contributed by atoms with Crippen molar-refractivity contribution in [2.75, 3.05) is 13.7 Å². The second-order valence-corrected chi connectivity index (χ2v) is 9.94. The Morgan fingerprint density at radius 3 is 2.33 bits per heavy atom. The van der Waals surface area contributed by atoms with Gasteiger partial charge in [-0.3, -0.25) is 4.79 Å². The van der Waals surface area contributed by atoms with E-state index in [1.54, 1.807) is 7.11 Å². The van der Waals surface area contributed by atoms with Crippen molar-refractivity contribution >= 4 is 16.7 Å². The number of ether oxygens (including phenoxy) is 3. The summed E-state index contributed by atoms with van der Waals surface area (Å²) in [6, 6.07) is 37.8. The third-order valence-corrected chi connectivity index (χ3v) is 7.37. The smallest absolute Gasteiger partial charge is 0.268 e. The molecule has 0 spiro atoms. The third-order valence-electron chi connectivity index (χ3n) is 7.37. The van der Waals surface area contributed by atoms with Crippen molar-refractivity contribution in [3.63, 3.8) is 0 Å². The normalized spacial score (nSPS) is 13.4. The molecule has 0 aliphatic carbocycles. The number of fused-ring (bicyclic) bond motifs is 2. The lowest BCUT2D eigenvalue weighted by Crippen LogP contribution is -2.40. The average Bonchev–Trinajstić information content (AvgIpc) is 3.02. The van der Waals surface area contributed by atoms with Crippen molar-refractivity contribution in [2.45, 2.75) is 25.7 Å². The van der Waals surface area contributed by atoms with Crippen LogP contribution in [0, 0.1) is 0 Å². The summed E-state index contributed by atoms with van der Waals surface area (Å²) >= 11 is 0. The van der Waals surface area contributed by atoms with Crippen molar-refractivity contribution in [3.05, 3.63) is 138 Å². The van der Waals surface area contributed by atoms with Gasteiger partial charge in [0.2, 0.25) is 6.10 Å². The van der Waals surface area contributed by atoms with Gasteiger partial charge in [0.1, 0.15) is 12.4 Å². The fraction of sp³-hybridized carbons (Fsp3) is 0.171. The molecule has 0 aromatic heterocycles. The van der Waals surface area contributed by atoms with E-state index in [0.717, 1.165) is 38.8 Å². The first kappa shape index (κ1) is 25.5. The van der Waals surface area contributed by atoms with E-state index in [2.05, 4.69) is 12.1 Å². The zero-order chi connectivity index (χ0) is 27.3. The molecule has 1 aliphatic heterocycles. The quantitative estimate of drug-likeness (QED) is 0.215. The van der Waals surface area contributed by atoms with Gasteiger partial charge in [0, 0.05) is 24.2 Å². The molecule has 1 heterocycles. The maximum Gasteiger partial charge on any atom is 0.268 e. The highest BCUT2D eigenvalue weighted by Gasteiger charge is 2.32. The van der Waals surface area contributed by atoms with Crippen LogP contribution in [-0.4, -0.2) is 24.5 Å². The lowest BCUT2D eigenvalue weighted by molar-refractivity contribution is -0.140. The van der Waals surface area contributed by atoms with Gasteiger partial charge in [-0.25, -0.2) is 0 Å². The van der Waals surface area contributed by atoms with E-state index < -0.39 is 6.10 Å². The van der Waals surface area contributed by atoms with Gasteiger partial charge in [-0.2, -0.15) is 0 Å². The second kappa shape index (κ2) is 11.5. The number of carbonyl (C=O) groups is 1. The van der Waals surface area contributed by atoms with E-state index in [1.807, 2.05) is 108 Å². The monoisotopic (exact) mass is 529 g/mol. The van der Waals surface area contributed by atoms with Gasteiger partial charge in [-0.1, -0.05) is 97.1 Å². The summed E-state index contributed by atoms with van der Waals surface area (Å²) in [7, 11) is 1.66. The number of hydrogen-bond acceptors (Lipinski definition) is 4. The summed E-state index contributed by atoms with van der Waals surface area (Å²) in [4.78, 5) is 15.9. The minimum Gasteiger partial charge on any atom is -0.493 e. The molecule has 0 fully saturated rings. The number of methoxy groups -OCH3 is 1. The van der Waals surface area contributed by atoms with Crippen molar-refractivity contribution in [1.82, 2.24) is 4.90 Å². The molecule has 40 heavy (non-hydrogen) atoms. The maximum absolute atomic E-state index is 14.0. The number of rotatable bonds is 8. The lowest BCUT2D eigenvalue weighted by Gasteiger charge is -2.33. The van der Waals surface area contributed by atoms with E-state index in [1.165, 1.54) is 0 Å². The van der Waals surface area contributed by atoms with Crippen LogP contribution in [0.1, 0.15) is 28.4 Å². The molecule has 1 aliphatic rings. The molecule has 0 saturated heterocycles. The van der Waals surface area contributed by atoms with Gasteiger partial charge in [0.15, 0.2) is 11.5 Å². The molecule has 1 atom stereocenters. The van der Waals surface area contributed by atoms with Crippen LogP contribution in [0.15, 0.2) is 115 Å². The van der Waals surface area contributed by atoms with E-state index >= 15 is 0 Å². The molecule has 5 nitrogen and oxygen atoms in total. The zero-order valence-corrected chi connectivity index (χ0v) is 22.5. The summed E-state index contributed by atoms with van der Waals surface area (Å²) in [6.45, 7) is 1.49. The van der Waals surface area contributed by atoms with Crippen LogP contribution in [0.5, 0.6) is 17.2 Å². The molecule has 5 heteroatoms. The van der Waals surface area contributed by atoms with Crippen LogP contribution in [0.4, 0.5) is 0 Å². The molecule has 1 unspecified atom stereocenters. The van der Waals surface area contributed by atoms with E-state index in [0.29, 0.717) is 37.6 Å². The Balaban J connectivity index is 1.26. The number of hydrogen-bond donors (Lipinski definition) is 0. The number of benzene rings is 5. The highest BCUT2D eigenvalue weighted by atomic mass is 16.5. The second-order valence-electron chi connectivity index (χ2n) is 9.94. The topological polar surface area (TPSA) is 48.0 Å². The summed E-state index contributed by atoms with van der Waals surface area (Å²) in [6.07, 6.45) is -0.0872. The van der Waals surface area contributed by atoms with Crippen molar-refractivity contribution < 1.29 is 19.0 Å². The van der Waals surface area contributed by atoms with Crippen LogP contribution >= 0.6 is 0 Å². The van der Waals surface area contributed by atoms with Gasteiger partial charge < -0.3 is 19.1 Å². The van der Waals surface area contributed by atoms with Crippen LogP contribution in [0.2, 0.25) is 0 Å². The molecule has 0 saturated carbocycles. The van der Waals surface area contributed by atoms with E-state index in [9.17, 15) is 4.79 Å². The molecule has 5 aromatic rings. The van der Waals surface area contributed by atoms with Crippen molar-refractivity contribution in [2.24, 2.45) is 0 Å². The summed E-state index contributed by atoms with van der Waals surface area (Å²) in [5, 5.41) is 2.20. The molecule has 5 aromatic carbocycles. The highest BCUT2D eigenvalue weighted by molar-refractivity contribution is 5.85. The van der Waals surface area contributed by atoms with E-state index in [4.69, 9.17) is 14.2 Å². The Kier molecular flexibility index (Phi) is 7.36. The minimum atomic E-state index is -0.754. The lowest BCUT2D eigenvalue weighted by atomic mass is 9.97. The molecule has 200 valence electrons. The first-order chi connectivity index (χ1) is 19.7. The molecule has 0 bridgehead atoms. The van der Waals surface area contributed by atoms with Gasteiger partial charge in [0.05, 0.1) is 7.11 Å². The Morgan fingerprint density at radius 2 is 1.55 bits per heavy atom. The fourth-order valence-electron chi connectivity index (χ4n) is 5.27. The Morgan fingerprint density at radius 1 is 0.825 bits per heavy atom. The first-order valence-corrected chi connectivity index (χ1v) is 13.5. The summed E-state index contributed by atoms with van der Waals surface area (Å²) in [5.74, 6) is 2.06. The Labute approximate surface area is 234 Å². The van der Waals surface area contributed by atoms with Gasteiger partial charge in [-0.15, -0.1) is 0 Å². The molecule has 0 N–H and O–H groups in total. The SMILES string of the molecule is COc1ccc2c(c1OCc1ccccc1)CCN(C(=O)C(Oc1ccc3ccccc3c1)c1ccccc1)C2. The first-order valence-electron chi connectivity index (χ1n) is 13.5. The fourth-order valence-corrected chi connectivity index (χ4v) is 5.27. The van der Waals surface area contributed by atoms with Crippen molar-refractivity contribution in [1.29, 1.82) is 0 Å². The predicted octanol–water partition coefficient (Wildman–Crippen LogP) is 7.13. The Hall–Kier alpha value is -4.77. The zero-order valence-electron chi connectivity index (χ0n) is 22.5. The van der Waals surface area contributed by atoms with Crippen LogP contribution < -0.4 is 14.2 Å². The highest BCUT2D eigenvalue weighted by Crippen LogP contribution is 2.38. The predicted molar refractivity (Wildman–Crippen MR) is 157 cm³/mol. The average molecular weight is 530 g/mol. The molecule has 6 rings (SSSR count). The van der Waals surface area contributed by atoms with Crippen LogP contribution in [0.25, 0.3) is 10.8 Å². The van der Waals surface area contributed by atoms with Crippen LogP contribution in [0.3, 0.4) is 0 Å². The standard InChI is InChI=1S/C35H31NO4/c1-38-32-19-17-29-23-36(21-20-31(29)34(32)39-24-25-10-4-2-5-11-25)35(37)33(27-13-6-3-7-14-27)40-30-18-16-26-12-8-9-15-28(26)22-30/h2-19,22,33H,20-21,23-24H2,1H3. The van der Waals surface area contributed by atoms with Gasteiger partial charge in [-0.05, 0) is 46.5 Å². The molecule has 0 radical (unpaired) electrons. The summed E-state index contributed by atoms with van der Waals surface area (Å²) in [5.41, 5.74) is 4.06. The van der Waals surface area contributed by atoms with Crippen LogP contribution in [-0.2, 0) is 24.4 Å². The van der Waals surface area contributed by atoms with E-state index in [-0.39, 0.29) is 5.91 Å². The van der Waals surface area contributed by atoms with Crippen molar-refractivity contribution in [3.8, 4) is 17.2 Å². The Bertz CT molecular complexity index is 1620. The minimum absolute atomic E-state index is 0.0624. The largest absolute Gasteiger partial charge is 0.493 e. The molecular weight excluding hydrogens is 498 g/mol. The molecule has 1 amide bonds. The third kappa shape index (κ3) is 5.36. The molecular formula is C35H31NO4. The maximum atomic E-state index is 14.0.